The first kappa shape index (κ1) is 10.6. The second-order valence-electron chi connectivity index (χ2n) is 3.49. The molecule has 1 unspecified atom stereocenters. The van der Waals surface area contributed by atoms with Gasteiger partial charge in [-0.3, -0.25) is 4.79 Å². The molecule has 0 aliphatic carbocycles. The minimum atomic E-state index is -0.241. The number of thiazole rings is 1. The molecule has 0 radical (unpaired) electrons. The van der Waals surface area contributed by atoms with Gasteiger partial charge in [0, 0.05) is 17.9 Å². The van der Waals surface area contributed by atoms with Gasteiger partial charge >= 0.3 is 5.97 Å². The van der Waals surface area contributed by atoms with Gasteiger partial charge in [0.25, 0.3) is 0 Å². The Labute approximate surface area is 92.2 Å². The maximum Gasteiger partial charge on any atom is 0.311 e. The molecule has 15 heavy (non-hydrogen) atoms. The number of carbonyl (C=O) groups is 1. The van der Waals surface area contributed by atoms with E-state index < -0.39 is 0 Å². The van der Waals surface area contributed by atoms with E-state index >= 15 is 0 Å². The number of hydrogen-bond donors (Lipinski definition) is 0. The lowest BCUT2D eigenvalue weighted by molar-refractivity contribution is -0.139. The van der Waals surface area contributed by atoms with Crippen molar-refractivity contribution < 1.29 is 14.3 Å². The summed E-state index contributed by atoms with van der Waals surface area (Å²) >= 11 is 1.60. The summed E-state index contributed by atoms with van der Waals surface area (Å²) in [5, 5.41) is 3.00. The first-order chi connectivity index (χ1) is 7.29. The standard InChI is InChI=1S/C10H13NO3S/c1-13-9(12)4-8-6-15-10(11-8)7-2-3-14-5-7/h6-7H,2-5H2,1H3. The van der Waals surface area contributed by atoms with Gasteiger partial charge in [-0.05, 0) is 6.42 Å². The van der Waals surface area contributed by atoms with Crippen molar-refractivity contribution in [2.45, 2.75) is 18.8 Å². The average Bonchev–Trinajstić information content (AvgIpc) is 2.85. The van der Waals surface area contributed by atoms with Crippen LogP contribution in [0.15, 0.2) is 5.38 Å². The maximum atomic E-state index is 11.0. The molecule has 2 rings (SSSR count). The van der Waals surface area contributed by atoms with E-state index in [0.29, 0.717) is 5.92 Å². The van der Waals surface area contributed by atoms with Crippen LogP contribution in [0.1, 0.15) is 23.0 Å². The minimum Gasteiger partial charge on any atom is -0.469 e. The summed E-state index contributed by atoms with van der Waals surface area (Å²) < 4.78 is 9.89. The van der Waals surface area contributed by atoms with E-state index in [-0.39, 0.29) is 12.4 Å². The number of hydrogen-bond acceptors (Lipinski definition) is 5. The van der Waals surface area contributed by atoms with E-state index in [1.807, 2.05) is 5.38 Å². The van der Waals surface area contributed by atoms with Crippen molar-refractivity contribution in [1.29, 1.82) is 0 Å². The van der Waals surface area contributed by atoms with Gasteiger partial charge in [0.1, 0.15) is 0 Å². The molecular weight excluding hydrogens is 214 g/mol. The largest absolute Gasteiger partial charge is 0.469 e. The number of ether oxygens (including phenoxy) is 2. The van der Waals surface area contributed by atoms with Gasteiger partial charge in [0.15, 0.2) is 0 Å². The molecule has 1 aliphatic rings. The number of esters is 1. The SMILES string of the molecule is COC(=O)Cc1csc(C2CCOC2)n1. The fraction of sp³-hybridized carbons (Fsp3) is 0.600. The van der Waals surface area contributed by atoms with Crippen molar-refractivity contribution in [2.24, 2.45) is 0 Å². The Hall–Kier alpha value is -0.940. The van der Waals surface area contributed by atoms with Gasteiger partial charge in [-0.15, -0.1) is 11.3 Å². The molecular formula is C10H13NO3S. The van der Waals surface area contributed by atoms with Gasteiger partial charge in [-0.25, -0.2) is 4.98 Å². The Morgan fingerprint density at radius 1 is 1.80 bits per heavy atom. The van der Waals surface area contributed by atoms with Crippen LogP contribution in [0, 0.1) is 0 Å². The van der Waals surface area contributed by atoms with Crippen LogP contribution in [0.2, 0.25) is 0 Å². The molecule has 1 aromatic heterocycles. The van der Waals surface area contributed by atoms with Gasteiger partial charge in [0.2, 0.25) is 0 Å². The molecule has 0 spiro atoms. The summed E-state index contributed by atoms with van der Waals surface area (Å²) in [5.41, 5.74) is 0.800. The zero-order valence-electron chi connectivity index (χ0n) is 8.56. The molecule has 2 heterocycles. The van der Waals surface area contributed by atoms with E-state index in [1.165, 1.54) is 7.11 Å². The molecule has 1 aromatic rings. The normalized spacial score (nSPS) is 20.5. The predicted molar refractivity (Wildman–Crippen MR) is 56.0 cm³/mol. The Kier molecular flexibility index (Phi) is 3.33. The molecule has 5 heteroatoms. The maximum absolute atomic E-state index is 11.0. The van der Waals surface area contributed by atoms with Crippen molar-refractivity contribution in [3.05, 3.63) is 16.1 Å². The lowest BCUT2D eigenvalue weighted by atomic mass is 10.1. The average molecular weight is 227 g/mol. The molecule has 0 aromatic carbocycles. The van der Waals surface area contributed by atoms with Crippen molar-refractivity contribution in [3.8, 4) is 0 Å². The van der Waals surface area contributed by atoms with Crippen molar-refractivity contribution in [3.63, 3.8) is 0 Å². The Morgan fingerprint density at radius 3 is 3.33 bits per heavy atom. The highest BCUT2D eigenvalue weighted by Crippen LogP contribution is 2.27. The van der Waals surface area contributed by atoms with E-state index in [0.717, 1.165) is 30.3 Å². The van der Waals surface area contributed by atoms with Crippen molar-refractivity contribution in [1.82, 2.24) is 4.98 Å². The summed E-state index contributed by atoms with van der Waals surface area (Å²) in [6.07, 6.45) is 1.30. The van der Waals surface area contributed by atoms with Crippen LogP contribution < -0.4 is 0 Å². The third-order valence-corrected chi connectivity index (χ3v) is 3.46. The lowest BCUT2D eigenvalue weighted by Crippen LogP contribution is -2.05. The molecule has 4 nitrogen and oxygen atoms in total. The van der Waals surface area contributed by atoms with Crippen LogP contribution in [0.25, 0.3) is 0 Å². The fourth-order valence-electron chi connectivity index (χ4n) is 1.54. The van der Waals surface area contributed by atoms with Crippen LogP contribution >= 0.6 is 11.3 Å². The predicted octanol–water partition coefficient (Wildman–Crippen LogP) is 1.36. The van der Waals surface area contributed by atoms with Crippen LogP contribution in [-0.2, 0) is 20.7 Å². The molecule has 1 saturated heterocycles. The summed E-state index contributed by atoms with van der Waals surface area (Å²) in [5.74, 6) is 0.177. The highest BCUT2D eigenvalue weighted by atomic mass is 32.1. The molecule has 1 atom stereocenters. The number of rotatable bonds is 3. The first-order valence-electron chi connectivity index (χ1n) is 4.88. The van der Waals surface area contributed by atoms with Crippen molar-refractivity contribution in [2.75, 3.05) is 20.3 Å². The zero-order chi connectivity index (χ0) is 10.7. The van der Waals surface area contributed by atoms with Gasteiger partial charge in [-0.1, -0.05) is 0 Å². The quantitative estimate of drug-likeness (QED) is 0.732. The molecule has 0 saturated carbocycles. The lowest BCUT2D eigenvalue weighted by Gasteiger charge is -2.00. The Balaban J connectivity index is 2.00. The van der Waals surface area contributed by atoms with Gasteiger partial charge in [-0.2, -0.15) is 0 Å². The number of nitrogens with zero attached hydrogens (tertiary/aromatic N) is 1. The summed E-state index contributed by atoms with van der Waals surface area (Å²) in [4.78, 5) is 15.4. The number of methoxy groups -OCH3 is 1. The van der Waals surface area contributed by atoms with Gasteiger partial charge in [0.05, 0.1) is 30.8 Å². The minimum absolute atomic E-state index is 0.241. The monoisotopic (exact) mass is 227 g/mol. The van der Waals surface area contributed by atoms with Crippen LogP contribution in [-0.4, -0.2) is 31.3 Å². The molecule has 0 bridgehead atoms. The molecule has 82 valence electrons. The molecule has 0 amide bonds. The Morgan fingerprint density at radius 2 is 2.67 bits per heavy atom. The highest BCUT2D eigenvalue weighted by molar-refractivity contribution is 7.09. The zero-order valence-corrected chi connectivity index (χ0v) is 9.38. The third-order valence-electron chi connectivity index (χ3n) is 2.40. The van der Waals surface area contributed by atoms with Crippen LogP contribution in [0.5, 0.6) is 0 Å². The summed E-state index contributed by atoms with van der Waals surface area (Å²) in [7, 11) is 1.39. The van der Waals surface area contributed by atoms with E-state index in [4.69, 9.17) is 4.74 Å². The topological polar surface area (TPSA) is 48.4 Å². The Bertz CT molecular complexity index is 344. The number of carbonyl (C=O) groups excluding carboxylic acids is 1. The van der Waals surface area contributed by atoms with Crippen LogP contribution in [0.4, 0.5) is 0 Å². The molecule has 0 N–H and O–H groups in total. The third kappa shape index (κ3) is 2.54. The number of aromatic nitrogens is 1. The molecule has 1 aliphatic heterocycles. The molecule has 1 fully saturated rings. The highest BCUT2D eigenvalue weighted by Gasteiger charge is 2.21. The fourth-order valence-corrected chi connectivity index (χ4v) is 2.48. The van der Waals surface area contributed by atoms with E-state index in [2.05, 4.69) is 9.72 Å². The van der Waals surface area contributed by atoms with Crippen molar-refractivity contribution >= 4 is 17.3 Å². The summed E-state index contributed by atoms with van der Waals surface area (Å²) in [6, 6.07) is 0. The second kappa shape index (κ2) is 4.72. The smallest absolute Gasteiger partial charge is 0.311 e. The van der Waals surface area contributed by atoms with Crippen LogP contribution in [0.3, 0.4) is 0 Å². The van der Waals surface area contributed by atoms with E-state index in [1.54, 1.807) is 11.3 Å². The summed E-state index contributed by atoms with van der Waals surface area (Å²) in [6.45, 7) is 1.57. The van der Waals surface area contributed by atoms with Gasteiger partial charge < -0.3 is 9.47 Å². The second-order valence-corrected chi connectivity index (χ2v) is 4.38. The first-order valence-corrected chi connectivity index (χ1v) is 5.76. The van der Waals surface area contributed by atoms with E-state index in [9.17, 15) is 4.79 Å².